The second-order valence-corrected chi connectivity index (χ2v) is 2.77. The number of alkyl halides is 1. The first-order valence-corrected chi connectivity index (χ1v) is 4.48. The van der Waals surface area contributed by atoms with Crippen LogP contribution in [0.4, 0.5) is 0 Å². The summed E-state index contributed by atoms with van der Waals surface area (Å²) in [5.41, 5.74) is 1.44. The Balaban J connectivity index is 2.93. The van der Waals surface area contributed by atoms with Gasteiger partial charge in [-0.2, -0.15) is 0 Å². The first kappa shape index (κ1) is 9.19. The summed E-state index contributed by atoms with van der Waals surface area (Å²) >= 11 is 3.27. The molecule has 3 nitrogen and oxygen atoms in total. The van der Waals surface area contributed by atoms with Gasteiger partial charge in [-0.1, -0.05) is 15.9 Å². The normalized spacial score (nSPS) is 9.50. The molecule has 12 heavy (non-hydrogen) atoms. The number of aromatic nitrogens is 1. The van der Waals surface area contributed by atoms with Gasteiger partial charge in [-0.15, -0.1) is 0 Å². The Morgan fingerprint density at radius 3 is 3.00 bits per heavy atom. The summed E-state index contributed by atoms with van der Waals surface area (Å²) < 4.78 is 4.54. The van der Waals surface area contributed by atoms with E-state index in [2.05, 4.69) is 25.7 Å². The summed E-state index contributed by atoms with van der Waals surface area (Å²) in [6, 6.07) is 1.74. The molecule has 0 fully saturated rings. The third-order valence-corrected chi connectivity index (χ3v) is 2.02. The Hall–Kier alpha value is -0.900. The lowest BCUT2D eigenvalue weighted by Gasteiger charge is -1.99. The molecule has 1 heterocycles. The van der Waals surface area contributed by atoms with Crippen molar-refractivity contribution < 1.29 is 9.53 Å². The summed E-state index contributed by atoms with van der Waals surface area (Å²) in [7, 11) is 1.35. The van der Waals surface area contributed by atoms with E-state index < -0.39 is 0 Å². The molecule has 1 aromatic heterocycles. The van der Waals surface area contributed by atoms with Crippen LogP contribution in [0.15, 0.2) is 18.5 Å². The average molecular weight is 230 g/mol. The zero-order valence-electron chi connectivity index (χ0n) is 6.58. The van der Waals surface area contributed by atoms with E-state index in [9.17, 15) is 4.79 Å². The highest BCUT2D eigenvalue weighted by Gasteiger charge is 2.05. The maximum atomic E-state index is 11.0. The number of esters is 1. The second-order valence-electron chi connectivity index (χ2n) is 2.21. The van der Waals surface area contributed by atoms with Crippen LogP contribution in [0.5, 0.6) is 0 Å². The molecule has 0 radical (unpaired) electrons. The van der Waals surface area contributed by atoms with Crippen LogP contribution in [0.3, 0.4) is 0 Å². The van der Waals surface area contributed by atoms with E-state index in [1.54, 1.807) is 12.3 Å². The topological polar surface area (TPSA) is 39.2 Å². The molecule has 0 aliphatic carbocycles. The summed E-state index contributed by atoms with van der Waals surface area (Å²) in [4.78, 5) is 14.9. The lowest BCUT2D eigenvalue weighted by Crippen LogP contribution is -2.02. The summed E-state index contributed by atoms with van der Waals surface area (Å²) in [6.45, 7) is 0. The first-order chi connectivity index (χ1) is 5.77. The van der Waals surface area contributed by atoms with Gasteiger partial charge in [0, 0.05) is 17.7 Å². The van der Waals surface area contributed by atoms with Gasteiger partial charge in [0.1, 0.15) is 0 Å². The molecule has 0 aromatic carbocycles. The minimum Gasteiger partial charge on any atom is -0.465 e. The molecule has 0 N–H and O–H groups in total. The Kier molecular flexibility index (Phi) is 3.22. The van der Waals surface area contributed by atoms with Gasteiger partial charge in [-0.05, 0) is 11.6 Å². The van der Waals surface area contributed by atoms with Crippen LogP contribution >= 0.6 is 15.9 Å². The molecule has 0 saturated heterocycles. The van der Waals surface area contributed by atoms with E-state index in [-0.39, 0.29) is 5.97 Å². The van der Waals surface area contributed by atoms with Gasteiger partial charge in [-0.25, -0.2) is 4.79 Å². The molecule has 0 spiro atoms. The van der Waals surface area contributed by atoms with E-state index in [1.165, 1.54) is 13.3 Å². The van der Waals surface area contributed by atoms with Crippen molar-refractivity contribution in [2.24, 2.45) is 0 Å². The van der Waals surface area contributed by atoms with Crippen molar-refractivity contribution in [3.05, 3.63) is 29.6 Å². The average Bonchev–Trinajstić information content (AvgIpc) is 2.17. The van der Waals surface area contributed by atoms with Crippen LogP contribution in [-0.4, -0.2) is 18.1 Å². The number of hydrogen-bond acceptors (Lipinski definition) is 3. The van der Waals surface area contributed by atoms with Gasteiger partial charge in [-0.3, -0.25) is 4.98 Å². The molecule has 0 amide bonds. The Morgan fingerprint density at radius 2 is 2.42 bits per heavy atom. The third kappa shape index (κ3) is 2.04. The zero-order valence-corrected chi connectivity index (χ0v) is 8.17. The van der Waals surface area contributed by atoms with Crippen molar-refractivity contribution in [3.8, 4) is 0 Å². The van der Waals surface area contributed by atoms with Gasteiger partial charge in [0.15, 0.2) is 0 Å². The number of hydrogen-bond donors (Lipinski definition) is 0. The van der Waals surface area contributed by atoms with Gasteiger partial charge in [0.05, 0.1) is 12.7 Å². The quantitative estimate of drug-likeness (QED) is 0.574. The maximum absolute atomic E-state index is 11.0. The highest BCUT2D eigenvalue weighted by atomic mass is 79.9. The van der Waals surface area contributed by atoms with Crippen molar-refractivity contribution in [1.29, 1.82) is 0 Å². The highest BCUT2D eigenvalue weighted by Crippen LogP contribution is 2.07. The fourth-order valence-electron chi connectivity index (χ4n) is 0.790. The van der Waals surface area contributed by atoms with Crippen molar-refractivity contribution >= 4 is 21.9 Å². The van der Waals surface area contributed by atoms with Gasteiger partial charge < -0.3 is 4.74 Å². The third-order valence-electron chi connectivity index (χ3n) is 1.37. The standard InChI is InChI=1S/C8H8BrNO2/c1-12-8(11)7-2-6(3-9)4-10-5-7/h2,4-5H,3H2,1H3. The van der Waals surface area contributed by atoms with E-state index in [0.29, 0.717) is 10.9 Å². The van der Waals surface area contributed by atoms with Crippen LogP contribution in [0.1, 0.15) is 15.9 Å². The predicted molar refractivity (Wildman–Crippen MR) is 48.2 cm³/mol. The Bertz CT molecular complexity index is 288. The molecule has 1 aromatic rings. The minimum absolute atomic E-state index is 0.356. The number of carbonyl (C=O) groups excluding carboxylic acids is 1. The maximum Gasteiger partial charge on any atom is 0.339 e. The Labute approximate surface area is 78.9 Å². The molecule has 0 atom stereocenters. The highest BCUT2D eigenvalue weighted by molar-refractivity contribution is 9.08. The number of ether oxygens (including phenoxy) is 1. The predicted octanol–water partition coefficient (Wildman–Crippen LogP) is 1.76. The second kappa shape index (κ2) is 4.21. The summed E-state index contributed by atoms with van der Waals surface area (Å²) in [5.74, 6) is -0.356. The van der Waals surface area contributed by atoms with Crippen LogP contribution in [0.25, 0.3) is 0 Å². The summed E-state index contributed by atoms with van der Waals surface area (Å²) in [6.07, 6.45) is 3.18. The molecule has 1 rings (SSSR count). The number of pyridine rings is 1. The summed E-state index contributed by atoms with van der Waals surface area (Å²) in [5, 5.41) is 0.685. The van der Waals surface area contributed by atoms with Crippen molar-refractivity contribution in [1.82, 2.24) is 4.98 Å². The Morgan fingerprint density at radius 1 is 1.67 bits per heavy atom. The SMILES string of the molecule is COC(=O)c1cncc(CBr)c1. The molecular weight excluding hydrogens is 222 g/mol. The lowest BCUT2D eigenvalue weighted by molar-refractivity contribution is 0.0600. The number of halogens is 1. The van der Waals surface area contributed by atoms with E-state index in [1.807, 2.05) is 0 Å². The van der Waals surface area contributed by atoms with Crippen LogP contribution in [0.2, 0.25) is 0 Å². The minimum atomic E-state index is -0.356. The monoisotopic (exact) mass is 229 g/mol. The number of methoxy groups -OCH3 is 1. The molecule has 0 saturated carbocycles. The smallest absolute Gasteiger partial charge is 0.339 e. The van der Waals surface area contributed by atoms with Crippen LogP contribution in [0, 0.1) is 0 Å². The largest absolute Gasteiger partial charge is 0.465 e. The zero-order chi connectivity index (χ0) is 8.97. The van der Waals surface area contributed by atoms with E-state index >= 15 is 0 Å². The van der Waals surface area contributed by atoms with Crippen LogP contribution < -0.4 is 0 Å². The van der Waals surface area contributed by atoms with Crippen molar-refractivity contribution in [2.75, 3.05) is 7.11 Å². The van der Waals surface area contributed by atoms with Gasteiger partial charge in [0.2, 0.25) is 0 Å². The molecular formula is C8H8BrNO2. The first-order valence-electron chi connectivity index (χ1n) is 3.36. The number of rotatable bonds is 2. The van der Waals surface area contributed by atoms with E-state index in [0.717, 1.165) is 5.56 Å². The van der Waals surface area contributed by atoms with Crippen molar-refractivity contribution in [3.63, 3.8) is 0 Å². The van der Waals surface area contributed by atoms with Crippen molar-refractivity contribution in [2.45, 2.75) is 5.33 Å². The fourth-order valence-corrected chi connectivity index (χ4v) is 1.10. The van der Waals surface area contributed by atoms with Gasteiger partial charge in [0.25, 0.3) is 0 Å². The fraction of sp³-hybridized carbons (Fsp3) is 0.250. The molecule has 0 aliphatic rings. The number of nitrogens with zero attached hydrogens (tertiary/aromatic N) is 1. The lowest BCUT2D eigenvalue weighted by atomic mass is 10.2. The molecule has 0 unspecified atom stereocenters. The molecule has 0 bridgehead atoms. The number of carbonyl (C=O) groups is 1. The molecule has 64 valence electrons. The van der Waals surface area contributed by atoms with Crippen LogP contribution in [-0.2, 0) is 10.1 Å². The van der Waals surface area contributed by atoms with Gasteiger partial charge >= 0.3 is 5.97 Å². The molecule has 4 heteroatoms. The van der Waals surface area contributed by atoms with E-state index in [4.69, 9.17) is 0 Å². The molecule has 0 aliphatic heterocycles.